The van der Waals surface area contributed by atoms with Gasteiger partial charge in [-0.3, -0.25) is 0 Å². The van der Waals surface area contributed by atoms with Crippen molar-refractivity contribution in [3.8, 4) is 0 Å². The molecule has 0 saturated heterocycles. The molecule has 4 heteroatoms. The van der Waals surface area contributed by atoms with Crippen LogP contribution < -0.4 is 5.73 Å². The molecule has 0 aromatic heterocycles. The van der Waals surface area contributed by atoms with Gasteiger partial charge in [-0.1, -0.05) is 13.0 Å². The first-order valence-electron chi connectivity index (χ1n) is 5.87. The number of sulfone groups is 1. The van der Waals surface area contributed by atoms with E-state index in [-0.39, 0.29) is 6.04 Å². The third kappa shape index (κ3) is 2.87. The zero-order valence-corrected chi connectivity index (χ0v) is 11.7. The van der Waals surface area contributed by atoms with Gasteiger partial charge in [-0.05, 0) is 50.5 Å². The Morgan fingerprint density at radius 3 is 2.29 bits per heavy atom. The van der Waals surface area contributed by atoms with Gasteiger partial charge in [-0.2, -0.15) is 0 Å². The van der Waals surface area contributed by atoms with Crippen molar-refractivity contribution in [3.63, 3.8) is 0 Å². The van der Waals surface area contributed by atoms with E-state index >= 15 is 0 Å². The first kappa shape index (κ1) is 14.2. The number of nitrogens with two attached hydrogens (primary N) is 1. The molecule has 17 heavy (non-hydrogen) atoms. The Kier molecular flexibility index (Phi) is 4.33. The number of rotatable bonds is 4. The average molecular weight is 255 g/mol. The Morgan fingerprint density at radius 1 is 1.24 bits per heavy atom. The lowest BCUT2D eigenvalue weighted by Gasteiger charge is -2.19. The minimum atomic E-state index is -3.31. The van der Waals surface area contributed by atoms with Crippen LogP contribution in [0, 0.1) is 13.8 Å². The lowest BCUT2D eigenvalue weighted by molar-refractivity contribution is 0.552. The molecule has 1 rings (SSSR count). The summed E-state index contributed by atoms with van der Waals surface area (Å²) >= 11 is 0. The summed E-state index contributed by atoms with van der Waals surface area (Å²) in [6.45, 7) is 7.46. The molecular formula is C13H21NO2S. The van der Waals surface area contributed by atoms with Crippen LogP contribution in [-0.4, -0.2) is 19.7 Å². The minimum absolute atomic E-state index is 0.318. The van der Waals surface area contributed by atoms with Gasteiger partial charge < -0.3 is 5.73 Å². The van der Waals surface area contributed by atoms with E-state index in [1.54, 1.807) is 19.1 Å². The fourth-order valence-electron chi connectivity index (χ4n) is 1.67. The van der Waals surface area contributed by atoms with Crippen LogP contribution in [0.15, 0.2) is 23.1 Å². The molecule has 0 fully saturated rings. The Balaban J connectivity index is 3.17. The molecule has 2 atom stereocenters. The first-order chi connectivity index (χ1) is 7.80. The summed E-state index contributed by atoms with van der Waals surface area (Å²) in [6, 6.07) is 4.91. The maximum atomic E-state index is 12.3. The molecule has 0 heterocycles. The molecule has 0 aliphatic rings. The van der Waals surface area contributed by atoms with Gasteiger partial charge in [0.15, 0.2) is 9.84 Å². The Hall–Kier alpha value is -0.870. The zero-order chi connectivity index (χ0) is 13.2. The number of benzene rings is 1. The summed E-state index contributed by atoms with van der Waals surface area (Å²) in [5.41, 5.74) is 7.91. The molecule has 3 nitrogen and oxygen atoms in total. The maximum Gasteiger partial charge on any atom is 0.182 e. The van der Waals surface area contributed by atoms with Crippen LogP contribution in [0.25, 0.3) is 0 Å². The van der Waals surface area contributed by atoms with E-state index in [1.807, 2.05) is 26.8 Å². The monoisotopic (exact) mass is 255 g/mol. The van der Waals surface area contributed by atoms with E-state index < -0.39 is 15.1 Å². The van der Waals surface area contributed by atoms with Gasteiger partial charge >= 0.3 is 0 Å². The Bertz CT molecular complexity index is 494. The summed E-state index contributed by atoms with van der Waals surface area (Å²) in [4.78, 5) is 0.372. The molecule has 96 valence electrons. The van der Waals surface area contributed by atoms with Crippen molar-refractivity contribution in [2.75, 3.05) is 0 Å². The normalized spacial score (nSPS) is 15.6. The van der Waals surface area contributed by atoms with Crippen LogP contribution in [0.5, 0.6) is 0 Å². The van der Waals surface area contributed by atoms with Gasteiger partial charge in [0, 0.05) is 6.04 Å². The largest absolute Gasteiger partial charge is 0.327 e. The highest BCUT2D eigenvalue weighted by atomic mass is 32.2. The number of hydrogen-bond donors (Lipinski definition) is 1. The van der Waals surface area contributed by atoms with Gasteiger partial charge in [0.1, 0.15) is 0 Å². The highest BCUT2D eigenvalue weighted by Gasteiger charge is 2.27. The lowest BCUT2D eigenvalue weighted by Crippen LogP contribution is -2.37. The van der Waals surface area contributed by atoms with Crippen molar-refractivity contribution in [2.24, 2.45) is 5.73 Å². The van der Waals surface area contributed by atoms with Crippen molar-refractivity contribution in [1.29, 1.82) is 0 Å². The highest BCUT2D eigenvalue weighted by Crippen LogP contribution is 2.21. The van der Waals surface area contributed by atoms with Crippen molar-refractivity contribution in [1.82, 2.24) is 0 Å². The third-order valence-corrected chi connectivity index (χ3v) is 5.61. The zero-order valence-electron chi connectivity index (χ0n) is 10.9. The molecule has 1 aromatic rings. The van der Waals surface area contributed by atoms with Gasteiger partial charge in [0.05, 0.1) is 10.1 Å². The average Bonchev–Trinajstić information content (AvgIpc) is 2.30. The van der Waals surface area contributed by atoms with Crippen LogP contribution in [0.2, 0.25) is 0 Å². The van der Waals surface area contributed by atoms with Crippen LogP contribution in [0.4, 0.5) is 0 Å². The topological polar surface area (TPSA) is 60.2 Å². The summed E-state index contributed by atoms with van der Waals surface area (Å²) in [5.74, 6) is 0. The van der Waals surface area contributed by atoms with Crippen LogP contribution in [0.1, 0.15) is 31.4 Å². The van der Waals surface area contributed by atoms with E-state index in [2.05, 4.69) is 0 Å². The summed E-state index contributed by atoms with van der Waals surface area (Å²) in [5, 5.41) is -0.547. The molecule has 2 unspecified atom stereocenters. The predicted molar refractivity (Wildman–Crippen MR) is 70.8 cm³/mol. The quantitative estimate of drug-likeness (QED) is 0.897. The first-order valence-corrected chi connectivity index (χ1v) is 7.42. The molecule has 0 spiro atoms. The van der Waals surface area contributed by atoms with Crippen molar-refractivity contribution in [2.45, 2.75) is 50.3 Å². The van der Waals surface area contributed by atoms with Crippen molar-refractivity contribution >= 4 is 9.84 Å². The molecule has 0 amide bonds. The van der Waals surface area contributed by atoms with Gasteiger partial charge in [-0.15, -0.1) is 0 Å². The summed E-state index contributed by atoms with van der Waals surface area (Å²) in [6.07, 6.45) is 0.658. The summed E-state index contributed by atoms with van der Waals surface area (Å²) in [7, 11) is -3.31. The number of hydrogen-bond acceptors (Lipinski definition) is 3. The fourth-order valence-corrected chi connectivity index (χ4v) is 3.35. The number of aryl methyl sites for hydroxylation is 2. The van der Waals surface area contributed by atoms with Crippen molar-refractivity contribution < 1.29 is 8.42 Å². The van der Waals surface area contributed by atoms with E-state index in [1.165, 1.54) is 0 Å². The predicted octanol–water partition coefficient (Wildman–Crippen LogP) is 2.20. The second-order valence-electron chi connectivity index (χ2n) is 4.57. The molecule has 1 aromatic carbocycles. The molecule has 0 bridgehead atoms. The molecular weight excluding hydrogens is 234 g/mol. The molecule has 0 aliphatic heterocycles. The van der Waals surface area contributed by atoms with Gasteiger partial charge in [0.25, 0.3) is 0 Å². The Morgan fingerprint density at radius 2 is 1.82 bits per heavy atom. The van der Waals surface area contributed by atoms with E-state index in [0.717, 1.165) is 11.1 Å². The van der Waals surface area contributed by atoms with E-state index in [4.69, 9.17) is 5.73 Å². The SMILES string of the molecule is CCC(N)C(C)S(=O)(=O)c1ccc(C)c(C)c1. The van der Waals surface area contributed by atoms with Gasteiger partial charge in [-0.25, -0.2) is 8.42 Å². The van der Waals surface area contributed by atoms with Gasteiger partial charge in [0.2, 0.25) is 0 Å². The van der Waals surface area contributed by atoms with E-state index in [0.29, 0.717) is 11.3 Å². The fraction of sp³-hybridized carbons (Fsp3) is 0.538. The Labute approximate surface area is 104 Å². The van der Waals surface area contributed by atoms with E-state index in [9.17, 15) is 8.42 Å². The third-order valence-electron chi connectivity index (χ3n) is 3.37. The van der Waals surface area contributed by atoms with Crippen molar-refractivity contribution in [3.05, 3.63) is 29.3 Å². The summed E-state index contributed by atoms with van der Waals surface area (Å²) < 4.78 is 24.6. The second-order valence-corrected chi connectivity index (χ2v) is 6.87. The molecule has 2 N–H and O–H groups in total. The molecule has 0 saturated carbocycles. The standard InChI is InChI=1S/C13H21NO2S/c1-5-13(14)11(4)17(15,16)12-7-6-9(2)10(3)8-12/h6-8,11,13H,5,14H2,1-4H3. The maximum absolute atomic E-state index is 12.3. The van der Waals surface area contributed by atoms with Crippen LogP contribution >= 0.6 is 0 Å². The smallest absolute Gasteiger partial charge is 0.182 e. The molecule has 0 radical (unpaired) electrons. The molecule has 0 aliphatic carbocycles. The minimum Gasteiger partial charge on any atom is -0.327 e. The van der Waals surface area contributed by atoms with Crippen LogP contribution in [0.3, 0.4) is 0 Å². The lowest BCUT2D eigenvalue weighted by atomic mass is 10.1. The highest BCUT2D eigenvalue weighted by molar-refractivity contribution is 7.92. The van der Waals surface area contributed by atoms with Crippen LogP contribution in [-0.2, 0) is 9.84 Å². The second kappa shape index (κ2) is 5.19.